The van der Waals surface area contributed by atoms with E-state index in [9.17, 15) is 10.2 Å². The Morgan fingerprint density at radius 2 is 2.05 bits per heavy atom. The van der Waals surface area contributed by atoms with Crippen LogP contribution in [-0.2, 0) is 23.0 Å². The Bertz CT molecular complexity index is 1250. The Kier molecular flexibility index (Phi) is 5.74. The monoisotopic (exact) mass is 601 g/mol. The first-order valence-electron chi connectivity index (χ1n) is 14.4. The number of thiophene rings is 1. The zero-order valence-electron chi connectivity index (χ0n) is 22.4. The molecule has 0 radical (unpaired) electrons. The second kappa shape index (κ2) is 8.45. The number of piperidine rings is 1. The highest BCUT2D eigenvalue weighted by atomic mass is 79.9. The van der Waals surface area contributed by atoms with Gasteiger partial charge in [-0.25, -0.2) is 0 Å². The largest absolute Gasteiger partial charge is 0.504 e. The molecule has 4 saturated carbocycles. The average molecular weight is 603 g/mol. The van der Waals surface area contributed by atoms with Crippen molar-refractivity contribution in [1.29, 1.82) is 0 Å². The van der Waals surface area contributed by atoms with Gasteiger partial charge >= 0.3 is 0 Å². The maximum absolute atomic E-state index is 12.3. The molecule has 7 aliphatic rings. The van der Waals surface area contributed by atoms with Crippen LogP contribution in [0.25, 0.3) is 0 Å². The van der Waals surface area contributed by atoms with Crippen LogP contribution in [0.4, 0.5) is 0 Å². The first kappa shape index (κ1) is 25.8. The number of aliphatic hydroxyl groups is 1. The van der Waals surface area contributed by atoms with E-state index in [1.54, 1.807) is 11.3 Å². The number of phenolic OH excluding ortho intramolecular Hbond substituents is 1. The normalized spacial score (nSPS) is 39.7. The molecular weight excluding hydrogens is 562 g/mol. The summed E-state index contributed by atoms with van der Waals surface area (Å²) in [7, 11) is 1.84. The Balaban J connectivity index is 0.00000242. The standard InChI is InChI=1S/C31H39NO4S.BrH/c1-28(34,10-9-21-4-3-15-37-21)23-17-29-11-12-31(23,35-2)27-30(29)13-14-32(18-19-5-6-19)24(29)16-20-7-8-22(33)26(36-27)25(20)30;/h3-4,7-8,15,19,23-24,27,33-34H,5-6,9-14,16-18H2,1-2H3;1H/t23?,24-,27-,28-,29-,30+,31+;/m1./s1. The van der Waals surface area contributed by atoms with E-state index in [0.717, 1.165) is 57.4 Å². The third-order valence-corrected chi connectivity index (χ3v) is 12.8. The molecule has 206 valence electrons. The van der Waals surface area contributed by atoms with Crippen LogP contribution in [0.15, 0.2) is 29.6 Å². The lowest BCUT2D eigenvalue weighted by molar-refractivity contribution is -0.302. The number of aromatic hydroxyl groups is 1. The molecule has 1 aromatic carbocycles. The summed E-state index contributed by atoms with van der Waals surface area (Å²) >= 11 is 1.77. The van der Waals surface area contributed by atoms with Gasteiger partial charge in [0, 0.05) is 46.9 Å². The van der Waals surface area contributed by atoms with Gasteiger partial charge in [0.1, 0.15) is 11.7 Å². The molecule has 0 amide bonds. The quantitative estimate of drug-likeness (QED) is 0.430. The number of fused-ring (bicyclic) bond motifs is 2. The molecule has 3 heterocycles. The molecular formula is C31H40BrNO4S. The Morgan fingerprint density at radius 1 is 1.21 bits per heavy atom. The maximum atomic E-state index is 12.3. The number of rotatable bonds is 7. The number of hydrogen-bond acceptors (Lipinski definition) is 6. The SMILES string of the molecule is Br.CO[C@@]12CC[C@@]3(CC1[C@](C)(O)CCc1cccs1)[C@H]1Cc4ccc(O)c5c4[C@@]3(CCN1CC1CC1)[C@H]2O5. The van der Waals surface area contributed by atoms with Crippen molar-refractivity contribution in [2.45, 2.75) is 93.5 Å². The van der Waals surface area contributed by atoms with E-state index in [0.29, 0.717) is 11.8 Å². The Hall–Kier alpha value is -1.12. The van der Waals surface area contributed by atoms with E-state index >= 15 is 0 Å². The van der Waals surface area contributed by atoms with E-state index in [-0.39, 0.29) is 45.6 Å². The summed E-state index contributed by atoms with van der Waals surface area (Å²) in [5.41, 5.74) is 1.11. The highest BCUT2D eigenvalue weighted by Gasteiger charge is 2.81. The minimum absolute atomic E-state index is 0. The summed E-state index contributed by atoms with van der Waals surface area (Å²) in [5.74, 6) is 1.82. The second-order valence-corrected chi connectivity index (χ2v) is 14.4. The van der Waals surface area contributed by atoms with Crippen LogP contribution >= 0.6 is 28.3 Å². The smallest absolute Gasteiger partial charge is 0.165 e. The molecule has 1 saturated heterocycles. The van der Waals surface area contributed by atoms with Gasteiger partial charge in [-0.1, -0.05) is 12.1 Å². The number of methoxy groups -OCH3 is 1. The Morgan fingerprint density at radius 3 is 2.79 bits per heavy atom. The van der Waals surface area contributed by atoms with Gasteiger partial charge in [-0.2, -0.15) is 0 Å². The van der Waals surface area contributed by atoms with Crippen molar-refractivity contribution in [2.24, 2.45) is 17.3 Å². The van der Waals surface area contributed by atoms with Crippen LogP contribution in [0.3, 0.4) is 0 Å². The highest BCUT2D eigenvalue weighted by Crippen LogP contribution is 2.77. The van der Waals surface area contributed by atoms with Crippen LogP contribution < -0.4 is 4.74 Å². The van der Waals surface area contributed by atoms with Crippen molar-refractivity contribution >= 4 is 28.3 Å². The van der Waals surface area contributed by atoms with Crippen molar-refractivity contribution in [2.75, 3.05) is 20.2 Å². The zero-order valence-corrected chi connectivity index (χ0v) is 25.0. The molecule has 2 aromatic rings. The number of benzene rings is 1. The van der Waals surface area contributed by atoms with Crippen LogP contribution in [-0.4, -0.2) is 58.7 Å². The van der Waals surface area contributed by atoms with Crippen LogP contribution in [0, 0.1) is 17.3 Å². The molecule has 38 heavy (non-hydrogen) atoms. The number of aryl methyl sites for hydroxylation is 1. The number of phenols is 1. The van der Waals surface area contributed by atoms with Crippen molar-refractivity contribution in [3.05, 3.63) is 45.6 Å². The fourth-order valence-corrected chi connectivity index (χ4v) is 10.8. The minimum atomic E-state index is -0.870. The van der Waals surface area contributed by atoms with Gasteiger partial charge in [0.05, 0.1) is 5.60 Å². The molecule has 7 heteroatoms. The third-order valence-electron chi connectivity index (χ3n) is 11.9. The lowest BCUT2D eigenvalue weighted by atomic mass is 9.33. The summed E-state index contributed by atoms with van der Waals surface area (Å²) in [5, 5.41) is 25.4. The molecule has 5 nitrogen and oxygen atoms in total. The molecule has 1 aromatic heterocycles. The molecule has 1 unspecified atom stereocenters. The molecule has 2 aliphatic heterocycles. The lowest BCUT2D eigenvalue weighted by Gasteiger charge is -2.75. The van der Waals surface area contributed by atoms with Gasteiger partial charge in [-0.3, -0.25) is 4.90 Å². The van der Waals surface area contributed by atoms with Crippen molar-refractivity contribution in [3.63, 3.8) is 0 Å². The topological polar surface area (TPSA) is 62.2 Å². The van der Waals surface area contributed by atoms with E-state index in [4.69, 9.17) is 9.47 Å². The van der Waals surface area contributed by atoms with E-state index in [1.807, 2.05) is 13.2 Å². The predicted octanol–water partition coefficient (Wildman–Crippen LogP) is 5.64. The number of likely N-dealkylation sites (tertiary alicyclic amines) is 1. The fourth-order valence-electron chi connectivity index (χ4n) is 10.1. The van der Waals surface area contributed by atoms with Gasteiger partial charge in [-0.15, -0.1) is 28.3 Å². The lowest BCUT2D eigenvalue weighted by Crippen LogP contribution is -2.82. The molecule has 4 bridgehead atoms. The number of nitrogens with zero attached hydrogens (tertiary/aromatic N) is 1. The number of halogens is 1. The van der Waals surface area contributed by atoms with Crippen LogP contribution in [0.1, 0.15) is 67.9 Å². The first-order chi connectivity index (χ1) is 17.8. The van der Waals surface area contributed by atoms with Gasteiger partial charge in [0.2, 0.25) is 0 Å². The second-order valence-electron chi connectivity index (χ2n) is 13.3. The van der Waals surface area contributed by atoms with Crippen LogP contribution in [0.5, 0.6) is 11.5 Å². The van der Waals surface area contributed by atoms with Gasteiger partial charge < -0.3 is 19.7 Å². The molecule has 5 fully saturated rings. The van der Waals surface area contributed by atoms with Crippen molar-refractivity contribution in [3.8, 4) is 11.5 Å². The fraction of sp³-hybridized carbons (Fsp3) is 0.677. The first-order valence-corrected chi connectivity index (χ1v) is 15.3. The third kappa shape index (κ3) is 3.09. The summed E-state index contributed by atoms with van der Waals surface area (Å²) in [4.78, 5) is 4.16. The van der Waals surface area contributed by atoms with E-state index < -0.39 is 11.2 Å². The van der Waals surface area contributed by atoms with Gasteiger partial charge in [0.25, 0.3) is 0 Å². The molecule has 5 aliphatic carbocycles. The van der Waals surface area contributed by atoms with Crippen molar-refractivity contribution in [1.82, 2.24) is 4.90 Å². The maximum Gasteiger partial charge on any atom is 0.165 e. The predicted molar refractivity (Wildman–Crippen MR) is 154 cm³/mol. The van der Waals surface area contributed by atoms with Crippen LogP contribution in [0.2, 0.25) is 0 Å². The Labute approximate surface area is 240 Å². The minimum Gasteiger partial charge on any atom is -0.504 e. The molecule has 7 atom stereocenters. The number of hydrogen-bond donors (Lipinski definition) is 2. The molecule has 9 rings (SSSR count). The molecule has 2 N–H and O–H groups in total. The highest BCUT2D eigenvalue weighted by molar-refractivity contribution is 8.93. The molecule has 2 spiro atoms. The summed E-state index contributed by atoms with van der Waals surface area (Å²) in [6, 6.07) is 8.75. The van der Waals surface area contributed by atoms with Gasteiger partial charge in [0.15, 0.2) is 11.5 Å². The summed E-state index contributed by atoms with van der Waals surface area (Å²) < 4.78 is 13.5. The number of ether oxygens (including phenoxy) is 2. The van der Waals surface area contributed by atoms with E-state index in [1.165, 1.54) is 35.4 Å². The zero-order chi connectivity index (χ0) is 25.2. The summed E-state index contributed by atoms with van der Waals surface area (Å²) in [6.07, 6.45) is 9.25. The van der Waals surface area contributed by atoms with Gasteiger partial charge in [-0.05, 0) is 100 Å². The summed E-state index contributed by atoms with van der Waals surface area (Å²) in [6.45, 7) is 4.36. The van der Waals surface area contributed by atoms with Crippen molar-refractivity contribution < 1.29 is 19.7 Å². The average Bonchev–Trinajstić information content (AvgIpc) is 3.40. The van der Waals surface area contributed by atoms with E-state index in [2.05, 4.69) is 35.4 Å².